The van der Waals surface area contributed by atoms with Crippen molar-refractivity contribution in [3.63, 3.8) is 0 Å². The molecule has 48 heavy (non-hydrogen) atoms. The lowest BCUT2D eigenvalue weighted by molar-refractivity contribution is -0.288. The molecule has 4 atom stereocenters. The zero-order valence-electron chi connectivity index (χ0n) is 25.1. The lowest BCUT2D eigenvalue weighted by Gasteiger charge is -2.39. The Kier molecular flexibility index (Phi) is 8.15. The summed E-state index contributed by atoms with van der Waals surface area (Å²) in [5.41, 5.74) is -7.52. The van der Waals surface area contributed by atoms with E-state index in [9.17, 15) is 14.4 Å². The van der Waals surface area contributed by atoms with E-state index in [0.717, 1.165) is 17.0 Å². The predicted octanol–water partition coefficient (Wildman–Crippen LogP) is 5.89. The molecule has 1 saturated carbocycles. The Morgan fingerprint density at radius 2 is 1.40 bits per heavy atom. The number of carbonyl (C=O) groups excluding carboxylic acids is 3. The molecule has 0 aromatic heterocycles. The summed E-state index contributed by atoms with van der Waals surface area (Å²) in [5, 5.41) is 2.29. The highest BCUT2D eigenvalue weighted by Crippen LogP contribution is 2.58. The molecule has 15 heteroatoms. The monoisotopic (exact) mass is 664 g/mol. The molecule has 1 aliphatic heterocycles. The van der Waals surface area contributed by atoms with Crippen LogP contribution >= 0.6 is 0 Å². The molecule has 2 fully saturated rings. The second kappa shape index (κ2) is 11.8. The summed E-state index contributed by atoms with van der Waals surface area (Å²) >= 11 is 0. The number of amides is 3. The highest BCUT2D eigenvalue weighted by atomic mass is 19.4. The Labute approximate surface area is 273 Å². The molecule has 3 amide bonds. The van der Waals surface area contributed by atoms with E-state index < -0.39 is 76.4 Å². The van der Waals surface area contributed by atoms with Crippen LogP contribution < -0.4 is 14.6 Å². The average Bonchev–Trinajstić information content (AvgIpc) is 3.71. The van der Waals surface area contributed by atoms with Crippen molar-refractivity contribution in [3.05, 3.63) is 101 Å². The van der Waals surface area contributed by atoms with Crippen molar-refractivity contribution in [3.8, 4) is 11.5 Å². The number of benzene rings is 3. The molecule has 3 aromatic rings. The summed E-state index contributed by atoms with van der Waals surface area (Å²) in [7, 11) is 10.6. The maximum Gasteiger partial charge on any atom is 0.411 e. The zero-order valence-corrected chi connectivity index (χ0v) is 25.1. The standard InChI is InChI=1S/C33H24B2F6N2O5/c1-16-3-2-4-19(11-16)28(44)42-23-14-22(8-10-25(23)48-35)31(32(36,37)38,33(39,40)41)21-7-9-24(47-34)20(13-21)15-43-29(45)26-17-5-6-18(12-17)27(26)30(43)46/h2-11,13-14,17-18,26-27H,12,15H2,1H3,(H,42,44). The average molecular weight is 664 g/mol. The fourth-order valence-corrected chi connectivity index (χ4v) is 7.27. The highest BCUT2D eigenvalue weighted by molar-refractivity contribution is 6.07. The van der Waals surface area contributed by atoms with Crippen LogP contribution in [0.1, 0.15) is 39.0 Å². The molecule has 4 unspecified atom stereocenters. The first kappa shape index (κ1) is 33.2. The van der Waals surface area contributed by atoms with Gasteiger partial charge >= 0.3 is 28.5 Å². The zero-order chi connectivity index (χ0) is 34.8. The Hall–Kier alpha value is -4.68. The molecule has 2 bridgehead atoms. The molecule has 1 saturated heterocycles. The van der Waals surface area contributed by atoms with Gasteiger partial charge < -0.3 is 14.6 Å². The number of carbonyl (C=O) groups is 3. The van der Waals surface area contributed by atoms with Gasteiger partial charge in [-0.25, -0.2) is 0 Å². The van der Waals surface area contributed by atoms with Gasteiger partial charge in [0.15, 0.2) is 0 Å². The molecule has 244 valence electrons. The first-order chi connectivity index (χ1) is 22.6. The van der Waals surface area contributed by atoms with Crippen molar-refractivity contribution in [2.24, 2.45) is 23.7 Å². The molecule has 6 rings (SSSR count). The number of imide groups is 1. The number of nitrogens with zero attached hydrogens (tertiary/aromatic N) is 1. The number of rotatable bonds is 8. The number of hydrogen-bond acceptors (Lipinski definition) is 5. The normalized spacial score (nSPS) is 21.9. The molecule has 2 aliphatic carbocycles. The van der Waals surface area contributed by atoms with E-state index in [-0.39, 0.29) is 28.7 Å². The third kappa shape index (κ3) is 5.14. The molecule has 3 aliphatic rings. The minimum absolute atomic E-state index is 0.0715. The van der Waals surface area contributed by atoms with E-state index in [0.29, 0.717) is 36.2 Å². The van der Waals surface area contributed by atoms with Gasteiger partial charge in [0.1, 0.15) is 11.5 Å². The second-order valence-electron chi connectivity index (χ2n) is 12.1. The number of fused-ring (bicyclic) bond motifs is 5. The maximum absolute atomic E-state index is 15.2. The van der Waals surface area contributed by atoms with Crippen LogP contribution in [0.4, 0.5) is 32.0 Å². The van der Waals surface area contributed by atoms with Crippen LogP contribution in [0.15, 0.2) is 72.8 Å². The first-order valence-corrected chi connectivity index (χ1v) is 14.7. The minimum atomic E-state index is -6.03. The van der Waals surface area contributed by atoms with Crippen LogP contribution in [-0.2, 0) is 21.5 Å². The second-order valence-corrected chi connectivity index (χ2v) is 12.1. The van der Waals surface area contributed by atoms with Crippen LogP contribution in [0.3, 0.4) is 0 Å². The summed E-state index contributed by atoms with van der Waals surface area (Å²) in [6, 6.07) is 9.83. The summed E-state index contributed by atoms with van der Waals surface area (Å²) < 4.78 is 100. The van der Waals surface area contributed by atoms with Gasteiger partial charge in [-0.2, -0.15) is 26.3 Å². The van der Waals surface area contributed by atoms with Gasteiger partial charge in [0.25, 0.3) is 5.91 Å². The number of allylic oxidation sites excluding steroid dienone is 2. The van der Waals surface area contributed by atoms with Crippen molar-refractivity contribution in [2.75, 3.05) is 5.32 Å². The minimum Gasteiger partial charge on any atom is -0.568 e. The molecule has 7 nitrogen and oxygen atoms in total. The Bertz CT molecular complexity index is 1800. The number of aryl methyl sites for hydroxylation is 1. The van der Waals surface area contributed by atoms with E-state index in [2.05, 4.69) is 9.97 Å². The quantitative estimate of drug-likeness (QED) is 0.141. The first-order valence-electron chi connectivity index (χ1n) is 14.7. The summed E-state index contributed by atoms with van der Waals surface area (Å²) in [5.74, 6) is -4.40. The van der Waals surface area contributed by atoms with Crippen LogP contribution in [0, 0.1) is 30.6 Å². The molecular formula is C33H24B2F6N2O5. The van der Waals surface area contributed by atoms with Crippen LogP contribution in [0.2, 0.25) is 0 Å². The van der Waals surface area contributed by atoms with E-state index in [1.54, 1.807) is 19.1 Å². The third-order valence-corrected chi connectivity index (χ3v) is 9.43. The van der Waals surface area contributed by atoms with Crippen molar-refractivity contribution < 1.29 is 50.0 Å². The Balaban J connectivity index is 1.45. The number of hydrogen-bond donors (Lipinski definition) is 1. The molecule has 4 radical (unpaired) electrons. The molecule has 1 N–H and O–H groups in total. The fourth-order valence-electron chi connectivity index (χ4n) is 7.27. The molecule has 0 spiro atoms. The number of likely N-dealkylation sites (tertiary alicyclic amines) is 1. The fraction of sp³-hybridized carbons (Fsp3) is 0.303. The number of nitrogens with one attached hydrogen (secondary N) is 1. The largest absolute Gasteiger partial charge is 0.568 e. The Morgan fingerprint density at radius 3 is 1.94 bits per heavy atom. The SMILES string of the molecule is [B]Oc1ccc(C(c2ccc(O[B])c(NC(=O)c3cccc(C)c3)c2)(C(F)(F)F)C(F)(F)F)cc1CN1C(=O)C2C3C=CC(C3)C2C1=O. The van der Waals surface area contributed by atoms with E-state index in [1.165, 1.54) is 12.1 Å². The number of halogens is 6. The van der Waals surface area contributed by atoms with Gasteiger partial charge in [-0.05, 0) is 72.7 Å². The summed E-state index contributed by atoms with van der Waals surface area (Å²) in [6.45, 7) is 1.01. The maximum atomic E-state index is 15.2. The van der Waals surface area contributed by atoms with Gasteiger partial charge in [0.2, 0.25) is 17.2 Å². The topological polar surface area (TPSA) is 84.9 Å². The van der Waals surface area contributed by atoms with Crippen molar-refractivity contribution in [2.45, 2.75) is 37.7 Å². The van der Waals surface area contributed by atoms with Gasteiger partial charge in [-0.15, -0.1) is 0 Å². The molecule has 3 aromatic carbocycles. The molecular weight excluding hydrogens is 640 g/mol. The van der Waals surface area contributed by atoms with Crippen LogP contribution in [-0.4, -0.2) is 51.1 Å². The van der Waals surface area contributed by atoms with E-state index >= 15 is 26.3 Å². The van der Waals surface area contributed by atoms with Crippen molar-refractivity contribution in [1.29, 1.82) is 0 Å². The molecule has 1 heterocycles. The van der Waals surface area contributed by atoms with Crippen molar-refractivity contribution >= 4 is 39.5 Å². The summed E-state index contributed by atoms with van der Waals surface area (Å²) in [4.78, 5) is 40.4. The highest BCUT2D eigenvalue weighted by Gasteiger charge is 2.72. The lowest BCUT2D eigenvalue weighted by atomic mass is 9.72. The van der Waals surface area contributed by atoms with Crippen LogP contribution in [0.5, 0.6) is 11.5 Å². The lowest BCUT2D eigenvalue weighted by Crippen LogP contribution is -2.54. The van der Waals surface area contributed by atoms with Crippen LogP contribution in [0.25, 0.3) is 0 Å². The van der Waals surface area contributed by atoms with Gasteiger partial charge in [0, 0.05) is 11.1 Å². The predicted molar refractivity (Wildman–Crippen MR) is 161 cm³/mol. The Morgan fingerprint density at radius 1 is 0.833 bits per heavy atom. The van der Waals surface area contributed by atoms with E-state index in [4.69, 9.17) is 20.8 Å². The smallest absolute Gasteiger partial charge is 0.411 e. The summed E-state index contributed by atoms with van der Waals surface area (Å²) in [6.07, 6.45) is -7.76. The number of anilines is 1. The van der Waals surface area contributed by atoms with Crippen molar-refractivity contribution in [1.82, 2.24) is 4.90 Å². The van der Waals surface area contributed by atoms with Gasteiger partial charge in [-0.3, -0.25) is 19.3 Å². The third-order valence-electron chi connectivity index (χ3n) is 9.43. The van der Waals surface area contributed by atoms with Gasteiger partial charge in [0.05, 0.1) is 24.1 Å². The van der Waals surface area contributed by atoms with Gasteiger partial charge in [-0.1, -0.05) is 42.0 Å². The number of alkyl halides is 6. The van der Waals surface area contributed by atoms with E-state index in [1.807, 2.05) is 12.2 Å².